The lowest BCUT2D eigenvalue weighted by Crippen LogP contribution is -2.43. The van der Waals surface area contributed by atoms with Crippen LogP contribution < -0.4 is 5.32 Å². The predicted molar refractivity (Wildman–Crippen MR) is 109 cm³/mol. The van der Waals surface area contributed by atoms with E-state index in [2.05, 4.69) is 16.3 Å². The highest BCUT2D eigenvalue weighted by Crippen LogP contribution is 2.25. The van der Waals surface area contributed by atoms with E-state index in [-0.39, 0.29) is 11.8 Å². The maximum absolute atomic E-state index is 12.5. The molecular weight excluding hydrogens is 367 g/mol. The second kappa shape index (κ2) is 9.77. The summed E-state index contributed by atoms with van der Waals surface area (Å²) in [4.78, 5) is 14.9. The molecule has 1 saturated heterocycles. The zero-order valence-electron chi connectivity index (χ0n) is 15.3. The number of carbonyl (C=O) groups excluding carboxylic acids is 1. The van der Waals surface area contributed by atoms with Crippen LogP contribution in [0.4, 0.5) is 0 Å². The molecule has 5 heteroatoms. The number of hydrogen-bond acceptors (Lipinski definition) is 2. The standard InChI is InChI=1S/C21H28Cl2N2O/c22-19-9-8-17(20(23)13-19)14-25-12-4-7-18(15-25)21(26)24-11-10-16-5-2-1-3-6-16/h5,8-9,13,18H,1-4,6-7,10-12,14-15H2,(H,24,26)/t18-/m1/s1. The van der Waals surface area contributed by atoms with Crippen molar-refractivity contribution in [2.45, 2.75) is 51.5 Å². The maximum atomic E-state index is 12.5. The third kappa shape index (κ3) is 5.73. The van der Waals surface area contributed by atoms with Crippen LogP contribution in [0.25, 0.3) is 0 Å². The lowest BCUT2D eigenvalue weighted by molar-refractivity contribution is -0.126. The quantitative estimate of drug-likeness (QED) is 0.671. The second-order valence-electron chi connectivity index (χ2n) is 7.46. The molecule has 0 aromatic heterocycles. The van der Waals surface area contributed by atoms with Crippen LogP contribution in [-0.2, 0) is 11.3 Å². The fourth-order valence-corrected chi connectivity index (χ4v) is 4.39. The summed E-state index contributed by atoms with van der Waals surface area (Å²) in [5.41, 5.74) is 2.58. The number of halogens is 2. The predicted octanol–water partition coefficient (Wildman–Crippen LogP) is 5.21. The maximum Gasteiger partial charge on any atom is 0.224 e. The van der Waals surface area contributed by atoms with E-state index in [0.29, 0.717) is 10.0 Å². The third-order valence-corrected chi connectivity index (χ3v) is 6.00. The third-order valence-electron chi connectivity index (χ3n) is 5.42. The normalized spacial score (nSPS) is 21.3. The Hall–Kier alpha value is -1.03. The molecule has 0 spiro atoms. The Labute approximate surface area is 166 Å². The molecule has 3 nitrogen and oxygen atoms in total. The van der Waals surface area contributed by atoms with Crippen LogP contribution in [0.1, 0.15) is 50.5 Å². The van der Waals surface area contributed by atoms with E-state index in [9.17, 15) is 4.79 Å². The number of piperidine rings is 1. The topological polar surface area (TPSA) is 32.3 Å². The molecule has 1 heterocycles. The number of likely N-dealkylation sites (tertiary alicyclic amines) is 1. The largest absolute Gasteiger partial charge is 0.356 e. The highest BCUT2D eigenvalue weighted by Gasteiger charge is 2.26. The van der Waals surface area contributed by atoms with Crippen LogP contribution in [0.5, 0.6) is 0 Å². The van der Waals surface area contributed by atoms with Gasteiger partial charge in [0.05, 0.1) is 5.92 Å². The van der Waals surface area contributed by atoms with E-state index in [1.807, 2.05) is 12.1 Å². The first-order valence-electron chi connectivity index (χ1n) is 9.74. The molecule has 1 aliphatic carbocycles. The summed E-state index contributed by atoms with van der Waals surface area (Å²) in [6.45, 7) is 3.35. The van der Waals surface area contributed by atoms with Crippen molar-refractivity contribution in [2.24, 2.45) is 5.92 Å². The minimum atomic E-state index is 0.0789. The van der Waals surface area contributed by atoms with Crippen molar-refractivity contribution in [1.29, 1.82) is 0 Å². The first-order valence-corrected chi connectivity index (χ1v) is 10.5. The van der Waals surface area contributed by atoms with Crippen molar-refractivity contribution >= 4 is 29.1 Å². The molecular formula is C21H28Cl2N2O. The van der Waals surface area contributed by atoms with E-state index in [1.54, 1.807) is 6.07 Å². The number of nitrogens with one attached hydrogen (secondary N) is 1. The van der Waals surface area contributed by atoms with E-state index in [1.165, 1.54) is 31.3 Å². The van der Waals surface area contributed by atoms with Gasteiger partial charge in [-0.25, -0.2) is 0 Å². The Balaban J connectivity index is 1.46. The van der Waals surface area contributed by atoms with Crippen LogP contribution in [0.2, 0.25) is 10.0 Å². The Kier molecular flexibility index (Phi) is 7.42. The summed E-state index contributed by atoms with van der Waals surface area (Å²) in [7, 11) is 0. The molecule has 0 bridgehead atoms. The van der Waals surface area contributed by atoms with Gasteiger partial charge in [0.2, 0.25) is 5.91 Å². The second-order valence-corrected chi connectivity index (χ2v) is 8.30. The van der Waals surface area contributed by atoms with Gasteiger partial charge in [-0.05, 0) is 69.2 Å². The molecule has 1 atom stereocenters. The lowest BCUT2D eigenvalue weighted by atomic mass is 9.95. The number of nitrogens with zero attached hydrogens (tertiary/aromatic N) is 1. The molecule has 0 radical (unpaired) electrons. The van der Waals surface area contributed by atoms with Gasteiger partial charge in [0.15, 0.2) is 0 Å². The van der Waals surface area contributed by atoms with Gasteiger partial charge < -0.3 is 5.32 Å². The van der Waals surface area contributed by atoms with Gasteiger partial charge in [0.25, 0.3) is 0 Å². The average Bonchev–Trinajstić information content (AvgIpc) is 2.65. The number of allylic oxidation sites excluding steroid dienone is 1. The van der Waals surface area contributed by atoms with Crippen molar-refractivity contribution < 1.29 is 4.79 Å². The molecule has 142 valence electrons. The van der Waals surface area contributed by atoms with Gasteiger partial charge in [0.1, 0.15) is 0 Å². The number of amides is 1. The van der Waals surface area contributed by atoms with Gasteiger partial charge in [-0.2, -0.15) is 0 Å². The molecule has 26 heavy (non-hydrogen) atoms. The van der Waals surface area contributed by atoms with E-state index < -0.39 is 0 Å². The van der Waals surface area contributed by atoms with Crippen LogP contribution in [0.15, 0.2) is 29.8 Å². The number of carbonyl (C=O) groups is 1. The highest BCUT2D eigenvalue weighted by atomic mass is 35.5. The minimum absolute atomic E-state index is 0.0789. The molecule has 1 aromatic carbocycles. The van der Waals surface area contributed by atoms with Crippen LogP contribution >= 0.6 is 23.2 Å². The fourth-order valence-electron chi connectivity index (χ4n) is 3.93. The van der Waals surface area contributed by atoms with Gasteiger partial charge in [-0.1, -0.05) is 40.9 Å². The summed E-state index contributed by atoms with van der Waals surface area (Å²) >= 11 is 12.3. The summed E-state index contributed by atoms with van der Waals surface area (Å²) in [6, 6.07) is 5.63. The number of rotatable bonds is 6. The monoisotopic (exact) mass is 394 g/mol. The van der Waals surface area contributed by atoms with Crippen molar-refractivity contribution in [2.75, 3.05) is 19.6 Å². The van der Waals surface area contributed by atoms with E-state index in [0.717, 1.165) is 51.0 Å². The van der Waals surface area contributed by atoms with E-state index >= 15 is 0 Å². The van der Waals surface area contributed by atoms with Crippen LogP contribution in [0.3, 0.4) is 0 Å². The molecule has 1 fully saturated rings. The zero-order valence-corrected chi connectivity index (χ0v) is 16.8. The van der Waals surface area contributed by atoms with Crippen LogP contribution in [-0.4, -0.2) is 30.4 Å². The number of benzene rings is 1. The summed E-state index contributed by atoms with van der Waals surface area (Å²) < 4.78 is 0. The van der Waals surface area contributed by atoms with Gasteiger partial charge in [-0.3, -0.25) is 9.69 Å². The summed E-state index contributed by atoms with van der Waals surface area (Å²) in [5, 5.41) is 4.51. The molecule has 0 unspecified atom stereocenters. The molecule has 1 amide bonds. The fraction of sp³-hybridized carbons (Fsp3) is 0.571. The van der Waals surface area contributed by atoms with Crippen LogP contribution in [0, 0.1) is 5.92 Å². The molecule has 3 rings (SSSR count). The smallest absolute Gasteiger partial charge is 0.224 e. The Morgan fingerprint density at radius 1 is 1.23 bits per heavy atom. The summed E-state index contributed by atoms with van der Waals surface area (Å²) in [5.74, 6) is 0.281. The molecule has 1 aromatic rings. The molecule has 1 aliphatic heterocycles. The van der Waals surface area contributed by atoms with Crippen molar-refractivity contribution in [3.8, 4) is 0 Å². The van der Waals surface area contributed by atoms with Crippen molar-refractivity contribution in [1.82, 2.24) is 10.2 Å². The highest BCUT2D eigenvalue weighted by molar-refractivity contribution is 6.35. The summed E-state index contributed by atoms with van der Waals surface area (Å²) in [6.07, 6.45) is 10.4. The van der Waals surface area contributed by atoms with Gasteiger partial charge in [-0.15, -0.1) is 0 Å². The molecule has 1 N–H and O–H groups in total. The number of hydrogen-bond donors (Lipinski definition) is 1. The Bertz CT molecular complexity index is 659. The van der Waals surface area contributed by atoms with Crippen molar-refractivity contribution in [3.05, 3.63) is 45.5 Å². The van der Waals surface area contributed by atoms with Gasteiger partial charge >= 0.3 is 0 Å². The Morgan fingerprint density at radius 3 is 2.88 bits per heavy atom. The molecule has 2 aliphatic rings. The lowest BCUT2D eigenvalue weighted by Gasteiger charge is -2.32. The molecule has 0 saturated carbocycles. The van der Waals surface area contributed by atoms with E-state index in [4.69, 9.17) is 23.2 Å². The van der Waals surface area contributed by atoms with Crippen molar-refractivity contribution in [3.63, 3.8) is 0 Å². The first-order chi connectivity index (χ1) is 12.6. The minimum Gasteiger partial charge on any atom is -0.356 e. The first kappa shape index (κ1) is 19.7. The Morgan fingerprint density at radius 2 is 2.12 bits per heavy atom. The van der Waals surface area contributed by atoms with Gasteiger partial charge in [0, 0.05) is 29.7 Å². The SMILES string of the molecule is O=C(NCCC1=CCCCC1)[C@@H]1CCCN(Cc2ccc(Cl)cc2Cl)C1. The average molecular weight is 395 g/mol. The zero-order chi connectivity index (χ0) is 18.4.